The van der Waals surface area contributed by atoms with Crippen LogP contribution in [0.2, 0.25) is 5.02 Å². The van der Waals surface area contributed by atoms with E-state index in [0.717, 1.165) is 16.7 Å². The van der Waals surface area contributed by atoms with Crippen LogP contribution in [0.3, 0.4) is 0 Å². The number of ketones is 1. The Bertz CT molecular complexity index is 976. The zero-order chi connectivity index (χ0) is 19.6. The first-order valence-corrected chi connectivity index (χ1v) is 9.72. The van der Waals surface area contributed by atoms with Gasteiger partial charge in [-0.05, 0) is 29.2 Å². The van der Waals surface area contributed by atoms with E-state index in [1.807, 2.05) is 84.9 Å². The molecular formula is C24H21ClN2O. The topological polar surface area (TPSA) is 55.4 Å². The number of rotatable bonds is 4. The third kappa shape index (κ3) is 3.23. The lowest BCUT2D eigenvalue weighted by Crippen LogP contribution is -2.46. The van der Waals surface area contributed by atoms with Crippen LogP contribution in [-0.4, -0.2) is 11.6 Å². The molecule has 4 heteroatoms. The second kappa shape index (κ2) is 7.61. The van der Waals surface area contributed by atoms with Gasteiger partial charge in [-0.1, -0.05) is 90.5 Å². The van der Waals surface area contributed by atoms with Crippen molar-refractivity contribution in [3.8, 4) is 0 Å². The first-order valence-electron chi connectivity index (χ1n) is 9.34. The molecule has 1 heterocycles. The Morgan fingerprint density at radius 2 is 1.43 bits per heavy atom. The molecule has 0 fully saturated rings. The molecule has 0 saturated carbocycles. The van der Waals surface area contributed by atoms with E-state index in [1.165, 1.54) is 0 Å². The average Bonchev–Trinajstić information content (AvgIpc) is 2.73. The molecule has 0 bridgehead atoms. The molecule has 3 aromatic carbocycles. The first-order chi connectivity index (χ1) is 13.6. The van der Waals surface area contributed by atoms with Crippen molar-refractivity contribution in [2.24, 2.45) is 16.6 Å². The number of halogens is 1. The van der Waals surface area contributed by atoms with Crippen LogP contribution in [0.25, 0.3) is 0 Å². The van der Waals surface area contributed by atoms with Gasteiger partial charge in [0.25, 0.3) is 0 Å². The first kappa shape index (κ1) is 18.5. The second-order valence-electron chi connectivity index (χ2n) is 7.10. The van der Waals surface area contributed by atoms with E-state index in [9.17, 15) is 4.79 Å². The molecule has 0 aromatic heterocycles. The van der Waals surface area contributed by atoms with Crippen LogP contribution >= 0.6 is 11.6 Å². The highest BCUT2D eigenvalue weighted by molar-refractivity contribution is 6.31. The third-order valence-electron chi connectivity index (χ3n) is 5.36. The van der Waals surface area contributed by atoms with E-state index in [4.69, 9.17) is 22.3 Å². The summed E-state index contributed by atoms with van der Waals surface area (Å²) in [5.41, 5.74) is 8.01. The summed E-state index contributed by atoms with van der Waals surface area (Å²) in [5, 5.41) is 0.686. The number of amidine groups is 1. The minimum atomic E-state index is -1.09. The molecule has 3 aromatic rings. The molecule has 1 aliphatic heterocycles. The lowest BCUT2D eigenvalue weighted by Gasteiger charge is -2.36. The highest BCUT2D eigenvalue weighted by Gasteiger charge is 2.46. The Balaban J connectivity index is 1.80. The van der Waals surface area contributed by atoms with Gasteiger partial charge in [0, 0.05) is 17.4 Å². The van der Waals surface area contributed by atoms with Crippen molar-refractivity contribution in [3.05, 3.63) is 107 Å². The van der Waals surface area contributed by atoms with Crippen molar-refractivity contribution in [1.82, 2.24) is 0 Å². The van der Waals surface area contributed by atoms with Crippen LogP contribution in [-0.2, 0) is 16.8 Å². The number of nitrogens with two attached hydrogens (primary N) is 1. The maximum atomic E-state index is 13.6. The largest absolute Gasteiger partial charge is 0.387 e. The van der Waals surface area contributed by atoms with Gasteiger partial charge in [0.2, 0.25) is 0 Å². The lowest BCUT2D eigenvalue weighted by molar-refractivity contribution is -0.124. The summed E-state index contributed by atoms with van der Waals surface area (Å²) in [6.07, 6.45) is 0.921. The van der Waals surface area contributed by atoms with Gasteiger partial charge in [0.15, 0.2) is 11.3 Å². The fraction of sp³-hybridized carbons (Fsp3) is 0.167. The quantitative estimate of drug-likeness (QED) is 0.699. The molecule has 0 radical (unpaired) electrons. The molecule has 0 saturated heterocycles. The van der Waals surface area contributed by atoms with Gasteiger partial charge in [-0.15, -0.1) is 0 Å². The third-order valence-corrected chi connectivity index (χ3v) is 5.73. The van der Waals surface area contributed by atoms with E-state index in [-0.39, 0.29) is 11.7 Å². The van der Waals surface area contributed by atoms with Gasteiger partial charge in [0.05, 0.1) is 5.84 Å². The van der Waals surface area contributed by atoms with Crippen LogP contribution in [0.15, 0.2) is 89.9 Å². The Labute approximate surface area is 169 Å². The summed E-state index contributed by atoms with van der Waals surface area (Å²) < 4.78 is 0. The van der Waals surface area contributed by atoms with Crippen LogP contribution < -0.4 is 5.73 Å². The van der Waals surface area contributed by atoms with Crippen LogP contribution in [0.1, 0.15) is 23.1 Å². The standard InChI is InChI=1S/C24H21ClN2O/c25-21-14-8-7-9-17(21)15-18-16-22(28)24(27-23(18)26,19-10-3-1-4-11-19)20-12-5-2-6-13-20/h1-14,18H,15-16H2,(H2,26,27). The fourth-order valence-electron chi connectivity index (χ4n) is 3.91. The van der Waals surface area contributed by atoms with Crippen molar-refractivity contribution in [1.29, 1.82) is 0 Å². The fourth-order valence-corrected chi connectivity index (χ4v) is 4.12. The lowest BCUT2D eigenvalue weighted by atomic mass is 9.73. The number of aliphatic imine (C=N–C) groups is 1. The average molecular weight is 389 g/mol. The Hall–Kier alpha value is -2.91. The summed E-state index contributed by atoms with van der Waals surface area (Å²) >= 11 is 6.31. The summed E-state index contributed by atoms with van der Waals surface area (Å²) in [6, 6.07) is 27.0. The Morgan fingerprint density at radius 3 is 2.00 bits per heavy atom. The molecule has 28 heavy (non-hydrogen) atoms. The molecule has 1 unspecified atom stereocenters. The SMILES string of the molecule is NC1=NC(c2ccccc2)(c2ccccc2)C(=O)CC1Cc1ccccc1Cl. The van der Waals surface area contributed by atoms with E-state index in [1.54, 1.807) is 0 Å². The summed E-state index contributed by atoms with van der Waals surface area (Å²) in [7, 11) is 0. The molecule has 1 aliphatic rings. The van der Waals surface area contributed by atoms with E-state index >= 15 is 0 Å². The van der Waals surface area contributed by atoms with Gasteiger partial charge in [-0.25, -0.2) is 4.99 Å². The zero-order valence-electron chi connectivity index (χ0n) is 15.4. The molecule has 0 spiro atoms. The zero-order valence-corrected chi connectivity index (χ0v) is 16.1. The molecule has 4 rings (SSSR count). The second-order valence-corrected chi connectivity index (χ2v) is 7.51. The van der Waals surface area contributed by atoms with E-state index < -0.39 is 5.54 Å². The molecule has 0 aliphatic carbocycles. The van der Waals surface area contributed by atoms with E-state index in [0.29, 0.717) is 23.7 Å². The monoisotopic (exact) mass is 388 g/mol. The number of carbonyl (C=O) groups excluding carboxylic acids is 1. The van der Waals surface area contributed by atoms with E-state index in [2.05, 4.69) is 0 Å². The smallest absolute Gasteiger partial charge is 0.171 e. The number of hydrogen-bond donors (Lipinski definition) is 1. The molecule has 1 atom stereocenters. The van der Waals surface area contributed by atoms with Crippen molar-refractivity contribution < 1.29 is 4.79 Å². The van der Waals surface area contributed by atoms with Crippen LogP contribution in [0.5, 0.6) is 0 Å². The van der Waals surface area contributed by atoms with Gasteiger partial charge in [0.1, 0.15) is 0 Å². The summed E-state index contributed by atoms with van der Waals surface area (Å²) in [6.45, 7) is 0. The number of Topliss-reactive ketones (excluding diaryl/α,β-unsaturated/α-hetero) is 1. The Morgan fingerprint density at radius 1 is 0.893 bits per heavy atom. The van der Waals surface area contributed by atoms with Crippen LogP contribution in [0.4, 0.5) is 0 Å². The van der Waals surface area contributed by atoms with Gasteiger partial charge in [-0.2, -0.15) is 0 Å². The predicted molar refractivity (Wildman–Crippen MR) is 114 cm³/mol. The molecule has 140 valence electrons. The van der Waals surface area contributed by atoms with Crippen molar-refractivity contribution in [2.45, 2.75) is 18.4 Å². The van der Waals surface area contributed by atoms with Gasteiger partial charge >= 0.3 is 0 Å². The van der Waals surface area contributed by atoms with Gasteiger partial charge < -0.3 is 5.73 Å². The normalized spacial score (nSPS) is 18.5. The number of benzene rings is 3. The van der Waals surface area contributed by atoms with Crippen molar-refractivity contribution in [2.75, 3.05) is 0 Å². The molecular weight excluding hydrogens is 368 g/mol. The number of hydrogen-bond acceptors (Lipinski definition) is 3. The maximum absolute atomic E-state index is 13.6. The molecule has 3 nitrogen and oxygen atoms in total. The molecule has 2 N–H and O–H groups in total. The minimum absolute atomic E-state index is 0.0520. The van der Waals surface area contributed by atoms with Crippen LogP contribution in [0, 0.1) is 5.92 Å². The van der Waals surface area contributed by atoms with Crippen molar-refractivity contribution >= 4 is 23.2 Å². The highest BCUT2D eigenvalue weighted by atomic mass is 35.5. The summed E-state index contributed by atoms with van der Waals surface area (Å²) in [4.78, 5) is 18.4. The predicted octanol–water partition coefficient (Wildman–Crippen LogP) is 4.77. The van der Waals surface area contributed by atoms with Crippen molar-refractivity contribution in [3.63, 3.8) is 0 Å². The highest BCUT2D eigenvalue weighted by Crippen LogP contribution is 2.40. The minimum Gasteiger partial charge on any atom is -0.387 e. The maximum Gasteiger partial charge on any atom is 0.171 e. The molecule has 0 amide bonds. The van der Waals surface area contributed by atoms with Gasteiger partial charge in [-0.3, -0.25) is 4.79 Å². The Kier molecular flexibility index (Phi) is 5.01. The number of nitrogens with zero attached hydrogens (tertiary/aromatic N) is 1. The summed E-state index contributed by atoms with van der Waals surface area (Å²) in [5.74, 6) is 0.385. The number of carbonyl (C=O) groups is 1.